The number of fused-ring (bicyclic) bond motifs is 5. The largest absolute Gasteiger partial charge is 0.393 e. The van der Waals surface area contributed by atoms with Gasteiger partial charge in [-0.25, -0.2) is 0 Å². The maximum atomic E-state index is 13.3. The molecule has 35 heavy (non-hydrogen) atoms. The highest BCUT2D eigenvalue weighted by atomic mass is 32.2. The molecular formula is C32H52O2S. The molecule has 3 heteroatoms. The molecule has 0 aliphatic heterocycles. The normalized spacial score (nSPS) is 39.2. The van der Waals surface area contributed by atoms with E-state index in [1.807, 2.05) is 58.0 Å². The van der Waals surface area contributed by atoms with E-state index in [0.717, 1.165) is 54.1 Å². The SMILES string of the molecule is C=S(=O)(CC[C@H]1CCC2C3CC=C4CC(O)CCC4(C)C3CCC21C)c1ccccc1.CC.CC. The molecule has 198 valence electrons. The number of aliphatic hydroxyl groups is 1. The van der Waals surface area contributed by atoms with Gasteiger partial charge in [0.05, 0.1) is 6.10 Å². The molecule has 3 saturated carbocycles. The zero-order valence-electron chi connectivity index (χ0n) is 23.4. The van der Waals surface area contributed by atoms with Crippen LogP contribution in [0.1, 0.15) is 99.3 Å². The Morgan fingerprint density at radius 1 is 0.971 bits per heavy atom. The topological polar surface area (TPSA) is 37.3 Å². The monoisotopic (exact) mass is 500 g/mol. The van der Waals surface area contributed by atoms with Gasteiger partial charge in [-0.3, -0.25) is 4.21 Å². The van der Waals surface area contributed by atoms with E-state index in [9.17, 15) is 9.32 Å². The van der Waals surface area contributed by atoms with Crippen molar-refractivity contribution in [3.05, 3.63) is 42.0 Å². The lowest BCUT2D eigenvalue weighted by atomic mass is 9.47. The molecule has 2 nitrogen and oxygen atoms in total. The molecule has 0 heterocycles. The predicted octanol–water partition coefficient (Wildman–Crippen LogP) is 8.14. The van der Waals surface area contributed by atoms with Crippen LogP contribution in [0.5, 0.6) is 0 Å². The van der Waals surface area contributed by atoms with Gasteiger partial charge >= 0.3 is 0 Å². The van der Waals surface area contributed by atoms with Crippen molar-refractivity contribution in [3.63, 3.8) is 0 Å². The first-order valence-electron chi connectivity index (χ1n) is 14.5. The van der Waals surface area contributed by atoms with Crippen molar-refractivity contribution >= 4 is 15.4 Å². The maximum absolute atomic E-state index is 13.3. The van der Waals surface area contributed by atoms with Gasteiger partial charge in [-0.15, -0.1) is 0 Å². The van der Waals surface area contributed by atoms with Gasteiger partial charge in [0, 0.05) is 10.6 Å². The minimum Gasteiger partial charge on any atom is -0.393 e. The molecular weight excluding hydrogens is 448 g/mol. The third kappa shape index (κ3) is 5.33. The van der Waals surface area contributed by atoms with Crippen molar-refractivity contribution in [2.45, 2.75) is 110 Å². The third-order valence-corrected chi connectivity index (χ3v) is 12.3. The molecule has 8 atom stereocenters. The van der Waals surface area contributed by atoms with E-state index in [1.54, 1.807) is 5.57 Å². The smallest absolute Gasteiger partial charge is 0.0577 e. The summed E-state index contributed by atoms with van der Waals surface area (Å²) in [6.07, 6.45) is 13.0. The highest BCUT2D eigenvalue weighted by Gasteiger charge is 2.58. The summed E-state index contributed by atoms with van der Waals surface area (Å²) in [4.78, 5) is 0.913. The van der Waals surface area contributed by atoms with E-state index in [0.29, 0.717) is 16.7 Å². The molecule has 5 rings (SSSR count). The molecule has 7 unspecified atom stereocenters. The average molecular weight is 501 g/mol. The first-order valence-corrected chi connectivity index (χ1v) is 16.4. The Bertz CT molecular complexity index is 949. The summed E-state index contributed by atoms with van der Waals surface area (Å²) in [7, 11) is -2.20. The Balaban J connectivity index is 0.000000815. The van der Waals surface area contributed by atoms with E-state index < -0.39 is 9.52 Å². The molecule has 0 spiro atoms. The summed E-state index contributed by atoms with van der Waals surface area (Å²) >= 11 is 0. The van der Waals surface area contributed by atoms with Crippen LogP contribution < -0.4 is 0 Å². The molecule has 4 aliphatic carbocycles. The molecule has 1 aromatic carbocycles. The number of benzene rings is 1. The zero-order chi connectivity index (χ0) is 25.9. The molecule has 0 radical (unpaired) electrons. The average Bonchev–Trinajstić information content (AvgIpc) is 3.22. The first kappa shape index (κ1) is 28.5. The van der Waals surface area contributed by atoms with Crippen LogP contribution >= 0.6 is 0 Å². The van der Waals surface area contributed by atoms with Crippen molar-refractivity contribution in [2.75, 3.05) is 5.75 Å². The van der Waals surface area contributed by atoms with Gasteiger partial charge < -0.3 is 5.11 Å². The van der Waals surface area contributed by atoms with E-state index in [2.05, 4.69) is 25.8 Å². The Labute approximate surface area is 217 Å². The fraction of sp³-hybridized carbons (Fsp3) is 0.719. The van der Waals surface area contributed by atoms with Crippen LogP contribution in [0.4, 0.5) is 0 Å². The summed E-state index contributed by atoms with van der Waals surface area (Å²) in [5.41, 5.74) is 2.27. The van der Waals surface area contributed by atoms with Crippen LogP contribution in [-0.2, 0) is 9.52 Å². The van der Waals surface area contributed by atoms with Crippen LogP contribution in [0, 0.1) is 34.5 Å². The van der Waals surface area contributed by atoms with Crippen LogP contribution in [0.25, 0.3) is 0 Å². The first-order chi connectivity index (χ1) is 16.7. The summed E-state index contributed by atoms with van der Waals surface area (Å²) in [6, 6.07) is 9.90. The Morgan fingerprint density at radius 2 is 1.66 bits per heavy atom. The molecule has 0 aromatic heterocycles. The van der Waals surface area contributed by atoms with E-state index in [4.69, 9.17) is 0 Å². The van der Waals surface area contributed by atoms with Crippen molar-refractivity contribution in [2.24, 2.45) is 34.5 Å². The second kappa shape index (κ2) is 11.5. The molecule has 3 fully saturated rings. The van der Waals surface area contributed by atoms with Crippen LogP contribution in [-0.4, -0.2) is 27.0 Å². The molecule has 4 aliphatic rings. The van der Waals surface area contributed by atoms with E-state index in [1.165, 1.54) is 32.1 Å². The maximum Gasteiger partial charge on any atom is 0.0577 e. The standard InChI is InChI=1S/C28H40O2S.2C2H6/c1-27-17-14-26-24(11-9-21-19-22(29)13-16-28(21,26)2)25(27)12-10-20(27)15-18-31(3,30)23-7-5-4-6-8-23;2*1-2/h4-9,20,22,24-26,29H,3,10-19H2,1-2H3;2*1-2H3/t20-,22?,24?,25?,26?,27?,28?,31?;;/m1../s1. The zero-order valence-corrected chi connectivity index (χ0v) is 24.2. The number of hydrogen-bond acceptors (Lipinski definition) is 2. The van der Waals surface area contributed by atoms with Gasteiger partial charge in [0.1, 0.15) is 0 Å². The van der Waals surface area contributed by atoms with E-state index >= 15 is 0 Å². The Morgan fingerprint density at radius 3 is 2.34 bits per heavy atom. The second-order valence-corrected chi connectivity index (χ2v) is 14.1. The Hall–Kier alpha value is -1.06. The van der Waals surface area contributed by atoms with Crippen molar-refractivity contribution in [1.29, 1.82) is 0 Å². The van der Waals surface area contributed by atoms with Crippen molar-refractivity contribution in [1.82, 2.24) is 0 Å². The molecule has 0 saturated heterocycles. The molecule has 0 bridgehead atoms. The van der Waals surface area contributed by atoms with Gasteiger partial charge in [-0.1, -0.05) is 71.4 Å². The quantitative estimate of drug-likeness (QED) is 0.334. The van der Waals surface area contributed by atoms with Crippen LogP contribution in [0.3, 0.4) is 0 Å². The number of aliphatic hydroxyl groups excluding tert-OH is 1. The van der Waals surface area contributed by atoms with Gasteiger partial charge in [0.2, 0.25) is 0 Å². The van der Waals surface area contributed by atoms with Gasteiger partial charge in [0.25, 0.3) is 0 Å². The van der Waals surface area contributed by atoms with Crippen LogP contribution in [0.15, 0.2) is 46.9 Å². The lowest BCUT2D eigenvalue weighted by molar-refractivity contribution is -0.0499. The van der Waals surface area contributed by atoms with Crippen molar-refractivity contribution in [3.8, 4) is 0 Å². The molecule has 0 amide bonds. The van der Waals surface area contributed by atoms with Gasteiger partial charge in [0.15, 0.2) is 0 Å². The highest BCUT2D eigenvalue weighted by molar-refractivity contribution is 8.00. The third-order valence-electron chi connectivity index (χ3n) is 10.2. The van der Waals surface area contributed by atoms with Crippen molar-refractivity contribution < 1.29 is 9.32 Å². The fourth-order valence-corrected chi connectivity index (χ4v) is 9.90. The lowest BCUT2D eigenvalue weighted by Gasteiger charge is -2.58. The highest BCUT2D eigenvalue weighted by Crippen LogP contribution is 2.66. The second-order valence-electron chi connectivity index (χ2n) is 11.6. The minimum atomic E-state index is -2.20. The number of allylic oxidation sites excluding steroid dienone is 1. The molecule has 1 aromatic rings. The van der Waals surface area contributed by atoms with Gasteiger partial charge in [-0.2, -0.15) is 0 Å². The summed E-state index contributed by atoms with van der Waals surface area (Å²) in [5, 5.41) is 10.2. The molecule has 1 N–H and O–H groups in total. The minimum absolute atomic E-state index is 0.122. The summed E-state index contributed by atoms with van der Waals surface area (Å²) < 4.78 is 13.3. The summed E-state index contributed by atoms with van der Waals surface area (Å²) in [5.74, 6) is 7.94. The van der Waals surface area contributed by atoms with Crippen LogP contribution in [0.2, 0.25) is 0 Å². The number of hydrogen-bond donors (Lipinski definition) is 1. The predicted molar refractivity (Wildman–Crippen MR) is 153 cm³/mol. The van der Waals surface area contributed by atoms with E-state index in [-0.39, 0.29) is 6.10 Å². The summed E-state index contributed by atoms with van der Waals surface area (Å²) in [6.45, 7) is 13.1. The number of rotatable bonds is 4. The fourth-order valence-electron chi connectivity index (χ4n) is 8.34. The Kier molecular flexibility index (Phi) is 9.41. The lowest BCUT2D eigenvalue weighted by Crippen LogP contribution is -2.50. The van der Waals surface area contributed by atoms with Gasteiger partial charge in [-0.05, 0) is 120 Å².